The second kappa shape index (κ2) is 8.99. The molecule has 0 fully saturated rings. The van der Waals surface area contributed by atoms with Crippen molar-refractivity contribution in [2.45, 2.75) is 4.90 Å². The van der Waals surface area contributed by atoms with E-state index >= 15 is 0 Å². The highest BCUT2D eigenvalue weighted by molar-refractivity contribution is 7.92. The fourth-order valence-corrected chi connectivity index (χ4v) is 4.81. The zero-order chi connectivity index (χ0) is 22.7. The Balaban J connectivity index is 1.58. The lowest BCUT2D eigenvalue weighted by Crippen LogP contribution is -2.13. The average molecular weight is 486 g/mol. The number of para-hydroxylation sites is 2. The number of anilines is 2. The van der Waals surface area contributed by atoms with Gasteiger partial charge in [-0.1, -0.05) is 41.9 Å². The van der Waals surface area contributed by atoms with Crippen LogP contribution in [0.1, 0.15) is 10.4 Å². The highest BCUT2D eigenvalue weighted by atomic mass is 35.5. The number of carbonyl (C=O) groups excluding carboxylic acids is 1. The van der Waals surface area contributed by atoms with Crippen molar-refractivity contribution in [3.8, 4) is 17.0 Å². The fourth-order valence-electron chi connectivity index (χ4n) is 2.90. The number of phenols is 1. The van der Waals surface area contributed by atoms with E-state index < -0.39 is 15.9 Å². The number of hydrogen-bond donors (Lipinski definition) is 3. The van der Waals surface area contributed by atoms with E-state index in [4.69, 9.17) is 11.6 Å². The molecule has 4 rings (SSSR count). The molecule has 10 heteroatoms. The molecule has 0 saturated heterocycles. The predicted octanol–water partition coefficient (Wildman–Crippen LogP) is 5.22. The number of rotatable bonds is 6. The molecule has 1 heterocycles. The van der Waals surface area contributed by atoms with E-state index in [1.807, 2.05) is 0 Å². The fraction of sp³-hybridized carbons (Fsp3) is 0. The van der Waals surface area contributed by atoms with E-state index in [0.29, 0.717) is 27.1 Å². The number of nitrogens with zero attached hydrogens (tertiary/aromatic N) is 1. The van der Waals surface area contributed by atoms with Gasteiger partial charge in [-0.2, -0.15) is 0 Å². The van der Waals surface area contributed by atoms with Crippen molar-refractivity contribution < 1.29 is 18.3 Å². The number of aromatic hydroxyl groups is 1. The summed E-state index contributed by atoms with van der Waals surface area (Å²) in [6.07, 6.45) is 0. The van der Waals surface area contributed by atoms with Crippen molar-refractivity contribution in [2.24, 2.45) is 0 Å². The number of carbonyl (C=O) groups is 1. The minimum Gasteiger partial charge on any atom is -0.507 e. The van der Waals surface area contributed by atoms with Gasteiger partial charge in [0.25, 0.3) is 15.9 Å². The van der Waals surface area contributed by atoms with Crippen molar-refractivity contribution in [1.82, 2.24) is 4.98 Å². The van der Waals surface area contributed by atoms with E-state index in [1.165, 1.54) is 47.7 Å². The van der Waals surface area contributed by atoms with E-state index in [9.17, 15) is 18.3 Å². The summed E-state index contributed by atoms with van der Waals surface area (Å²) >= 11 is 7.03. The van der Waals surface area contributed by atoms with E-state index in [-0.39, 0.29) is 16.2 Å². The molecule has 1 aromatic heterocycles. The Morgan fingerprint density at radius 2 is 1.66 bits per heavy atom. The molecule has 7 nitrogen and oxygen atoms in total. The summed E-state index contributed by atoms with van der Waals surface area (Å²) in [5.41, 5.74) is 1.49. The Morgan fingerprint density at radius 1 is 0.969 bits per heavy atom. The van der Waals surface area contributed by atoms with Crippen LogP contribution in [0.25, 0.3) is 11.3 Å². The lowest BCUT2D eigenvalue weighted by Gasteiger charge is -2.11. The number of thiazole rings is 1. The molecule has 0 atom stereocenters. The third-order valence-electron chi connectivity index (χ3n) is 4.44. The Hall–Kier alpha value is -3.40. The smallest absolute Gasteiger partial charge is 0.261 e. The monoisotopic (exact) mass is 485 g/mol. The third kappa shape index (κ3) is 4.75. The first-order valence-corrected chi connectivity index (χ1v) is 12.0. The second-order valence-corrected chi connectivity index (χ2v) is 9.59. The molecule has 1 amide bonds. The summed E-state index contributed by atoms with van der Waals surface area (Å²) in [6, 6.07) is 18.8. The van der Waals surface area contributed by atoms with E-state index in [2.05, 4.69) is 15.0 Å². The number of nitrogens with one attached hydrogen (secondary N) is 2. The molecule has 4 aromatic rings. The standard InChI is InChI=1S/C22H16ClN3O4S2/c23-14-9-11-15(12-10-14)32(29,30)26-18-7-3-1-5-16(18)19-13-31-22(24-19)25-21(28)17-6-2-4-8-20(17)27/h1-13,26-27H,(H,24,25,28). The van der Waals surface area contributed by atoms with Gasteiger partial charge in [-0.25, -0.2) is 13.4 Å². The van der Waals surface area contributed by atoms with Gasteiger partial charge in [-0.05, 0) is 42.5 Å². The predicted molar refractivity (Wildman–Crippen MR) is 126 cm³/mol. The highest BCUT2D eigenvalue weighted by Gasteiger charge is 2.18. The molecule has 0 aliphatic carbocycles. The molecule has 0 radical (unpaired) electrons. The van der Waals surface area contributed by atoms with E-state index in [0.717, 1.165) is 0 Å². The van der Waals surface area contributed by atoms with Crippen LogP contribution in [-0.4, -0.2) is 24.4 Å². The van der Waals surface area contributed by atoms with Gasteiger partial charge < -0.3 is 5.11 Å². The summed E-state index contributed by atoms with van der Waals surface area (Å²) < 4.78 is 28.1. The molecule has 32 heavy (non-hydrogen) atoms. The van der Waals surface area contributed by atoms with Crippen molar-refractivity contribution in [3.05, 3.63) is 88.8 Å². The summed E-state index contributed by atoms with van der Waals surface area (Å²) in [5.74, 6) is -0.635. The lowest BCUT2D eigenvalue weighted by molar-refractivity contribution is 0.102. The SMILES string of the molecule is O=C(Nc1nc(-c2ccccc2NS(=O)(=O)c2ccc(Cl)cc2)cs1)c1ccccc1O. The van der Waals surface area contributed by atoms with Gasteiger partial charge in [-0.3, -0.25) is 14.8 Å². The summed E-state index contributed by atoms with van der Waals surface area (Å²) in [6.45, 7) is 0. The van der Waals surface area contributed by atoms with Crippen LogP contribution in [0.5, 0.6) is 5.75 Å². The van der Waals surface area contributed by atoms with Crippen molar-refractivity contribution in [3.63, 3.8) is 0 Å². The summed E-state index contributed by atoms with van der Waals surface area (Å²) in [4.78, 5) is 16.9. The minimum atomic E-state index is -3.84. The van der Waals surface area contributed by atoms with Crippen LogP contribution >= 0.6 is 22.9 Å². The zero-order valence-corrected chi connectivity index (χ0v) is 18.7. The first-order chi connectivity index (χ1) is 15.3. The van der Waals surface area contributed by atoms with Crippen LogP contribution in [0.4, 0.5) is 10.8 Å². The van der Waals surface area contributed by atoms with Gasteiger partial charge in [0, 0.05) is 16.0 Å². The molecular formula is C22H16ClN3O4S2. The first-order valence-electron chi connectivity index (χ1n) is 9.26. The molecule has 162 valence electrons. The molecule has 0 spiro atoms. The number of phenolic OH excluding ortho intramolecular Hbond substituents is 1. The largest absolute Gasteiger partial charge is 0.507 e. The van der Waals surface area contributed by atoms with Crippen molar-refractivity contribution >= 4 is 49.7 Å². The average Bonchev–Trinajstić information content (AvgIpc) is 3.22. The van der Waals surface area contributed by atoms with Crippen LogP contribution < -0.4 is 10.0 Å². The quantitative estimate of drug-likeness (QED) is 0.347. The van der Waals surface area contributed by atoms with Gasteiger partial charge >= 0.3 is 0 Å². The van der Waals surface area contributed by atoms with Crippen LogP contribution in [-0.2, 0) is 10.0 Å². The second-order valence-electron chi connectivity index (χ2n) is 6.61. The molecular weight excluding hydrogens is 470 g/mol. The van der Waals surface area contributed by atoms with Gasteiger partial charge in [0.2, 0.25) is 0 Å². The van der Waals surface area contributed by atoms with Crippen molar-refractivity contribution in [2.75, 3.05) is 10.0 Å². The number of amides is 1. The summed E-state index contributed by atoms with van der Waals surface area (Å²) in [7, 11) is -3.84. The Morgan fingerprint density at radius 3 is 2.41 bits per heavy atom. The number of sulfonamides is 1. The highest BCUT2D eigenvalue weighted by Crippen LogP contribution is 2.32. The van der Waals surface area contributed by atoms with Gasteiger partial charge in [0.05, 0.1) is 21.8 Å². The van der Waals surface area contributed by atoms with Crippen LogP contribution in [0.3, 0.4) is 0 Å². The minimum absolute atomic E-state index is 0.0746. The van der Waals surface area contributed by atoms with Crippen LogP contribution in [0, 0.1) is 0 Å². The van der Waals surface area contributed by atoms with Gasteiger partial charge in [-0.15, -0.1) is 11.3 Å². The third-order valence-corrected chi connectivity index (χ3v) is 6.84. The van der Waals surface area contributed by atoms with E-state index in [1.54, 1.807) is 41.8 Å². The van der Waals surface area contributed by atoms with Crippen LogP contribution in [0.2, 0.25) is 5.02 Å². The maximum atomic E-state index is 12.8. The van der Waals surface area contributed by atoms with Crippen LogP contribution in [0.15, 0.2) is 83.1 Å². The van der Waals surface area contributed by atoms with Gasteiger partial charge in [0.1, 0.15) is 5.75 Å². The molecule has 3 N–H and O–H groups in total. The lowest BCUT2D eigenvalue weighted by atomic mass is 10.1. The maximum absolute atomic E-state index is 12.8. The topological polar surface area (TPSA) is 108 Å². The number of aromatic nitrogens is 1. The number of hydrogen-bond acceptors (Lipinski definition) is 6. The Labute approximate surface area is 193 Å². The molecule has 0 saturated carbocycles. The Kier molecular flexibility index (Phi) is 6.13. The number of benzene rings is 3. The molecule has 0 aliphatic heterocycles. The molecule has 3 aromatic carbocycles. The Bertz CT molecular complexity index is 1390. The maximum Gasteiger partial charge on any atom is 0.261 e. The number of halogens is 1. The van der Waals surface area contributed by atoms with Crippen molar-refractivity contribution in [1.29, 1.82) is 0 Å². The molecule has 0 bridgehead atoms. The summed E-state index contributed by atoms with van der Waals surface area (Å²) in [5, 5.41) is 14.9. The zero-order valence-electron chi connectivity index (χ0n) is 16.3. The normalized spacial score (nSPS) is 11.2. The molecule has 0 aliphatic rings. The molecule has 0 unspecified atom stereocenters. The first kappa shape index (κ1) is 21.8. The van der Waals surface area contributed by atoms with Gasteiger partial charge in [0.15, 0.2) is 5.13 Å².